The van der Waals surface area contributed by atoms with Crippen molar-refractivity contribution in [1.82, 2.24) is 5.32 Å². The Morgan fingerprint density at radius 3 is 2.50 bits per heavy atom. The summed E-state index contributed by atoms with van der Waals surface area (Å²) in [4.78, 5) is 20.7. The van der Waals surface area contributed by atoms with E-state index in [0.717, 1.165) is 0 Å². The first kappa shape index (κ1) is 13.8. The highest BCUT2D eigenvalue weighted by Crippen LogP contribution is 1.73. The second kappa shape index (κ2) is 8.29. The molecule has 0 unspecified atom stereocenters. The lowest BCUT2D eigenvalue weighted by Gasteiger charge is -2.02. The van der Waals surface area contributed by atoms with Gasteiger partial charge in [-0.15, -0.1) is 12.4 Å². The summed E-state index contributed by atoms with van der Waals surface area (Å²) >= 11 is 0. The fourth-order valence-corrected chi connectivity index (χ4v) is 0.457. The first-order valence-electron chi connectivity index (χ1n) is 3.27. The predicted octanol–water partition coefficient (Wildman–Crippen LogP) is -0.954. The van der Waals surface area contributed by atoms with Gasteiger partial charge in [-0.1, -0.05) is 0 Å². The van der Waals surface area contributed by atoms with Crippen molar-refractivity contribution in [3.05, 3.63) is 0 Å². The van der Waals surface area contributed by atoms with Crippen molar-refractivity contribution in [3.63, 3.8) is 0 Å². The number of hydrogen-bond acceptors (Lipinski definition) is 4. The Morgan fingerprint density at radius 1 is 1.50 bits per heavy atom. The van der Waals surface area contributed by atoms with E-state index in [1.165, 1.54) is 6.92 Å². The van der Waals surface area contributed by atoms with E-state index in [9.17, 15) is 9.59 Å². The quantitative estimate of drug-likeness (QED) is 0.449. The van der Waals surface area contributed by atoms with Gasteiger partial charge in [-0.25, -0.2) is 0 Å². The first-order chi connectivity index (χ1) is 5.16. The predicted molar refractivity (Wildman–Crippen MR) is 45.9 cm³/mol. The van der Waals surface area contributed by atoms with E-state index in [4.69, 9.17) is 5.73 Å². The van der Waals surface area contributed by atoms with Gasteiger partial charge in [0.1, 0.15) is 6.61 Å². The molecule has 0 heterocycles. The topological polar surface area (TPSA) is 81.4 Å². The average Bonchev–Trinajstić information content (AvgIpc) is 1.97. The van der Waals surface area contributed by atoms with Crippen molar-refractivity contribution >= 4 is 24.3 Å². The zero-order chi connectivity index (χ0) is 8.69. The van der Waals surface area contributed by atoms with Gasteiger partial charge in [-0.3, -0.25) is 9.59 Å². The maximum Gasteiger partial charge on any atom is 0.302 e. The Bertz CT molecular complexity index is 152. The number of amides is 1. The molecule has 0 aliphatic rings. The van der Waals surface area contributed by atoms with Gasteiger partial charge in [0.15, 0.2) is 0 Å². The molecule has 6 heteroatoms. The molecule has 0 aromatic carbocycles. The number of carbonyl (C=O) groups excluding carboxylic acids is 2. The van der Waals surface area contributed by atoms with Crippen LogP contribution < -0.4 is 11.1 Å². The van der Waals surface area contributed by atoms with Crippen LogP contribution in [0.4, 0.5) is 0 Å². The van der Waals surface area contributed by atoms with E-state index >= 15 is 0 Å². The highest BCUT2D eigenvalue weighted by Gasteiger charge is 1.95. The van der Waals surface area contributed by atoms with Crippen molar-refractivity contribution in [1.29, 1.82) is 0 Å². The minimum atomic E-state index is -0.355. The Labute approximate surface area is 77.0 Å². The lowest BCUT2D eigenvalue weighted by molar-refractivity contribution is -0.141. The summed E-state index contributed by atoms with van der Waals surface area (Å²) in [5, 5.41) is 2.45. The lowest BCUT2D eigenvalue weighted by Crippen LogP contribution is -2.33. The van der Waals surface area contributed by atoms with Crippen molar-refractivity contribution in [2.45, 2.75) is 6.92 Å². The monoisotopic (exact) mass is 196 g/mol. The van der Waals surface area contributed by atoms with Crippen LogP contribution in [0.2, 0.25) is 0 Å². The Kier molecular flexibility index (Phi) is 9.50. The number of carbonyl (C=O) groups is 2. The third-order valence-corrected chi connectivity index (χ3v) is 0.915. The summed E-state index contributed by atoms with van der Waals surface area (Å²) in [5.74, 6) is -0.607. The van der Waals surface area contributed by atoms with Crippen molar-refractivity contribution < 1.29 is 14.3 Å². The summed E-state index contributed by atoms with van der Waals surface area (Å²) in [5.41, 5.74) is 4.99. The van der Waals surface area contributed by atoms with Crippen LogP contribution in [0, 0.1) is 0 Å². The molecule has 5 nitrogen and oxygen atoms in total. The summed E-state index contributed by atoms with van der Waals surface area (Å²) in [7, 11) is 0. The van der Waals surface area contributed by atoms with Crippen LogP contribution in [0.3, 0.4) is 0 Å². The third kappa shape index (κ3) is 9.19. The van der Waals surface area contributed by atoms with Crippen LogP contribution in [0.25, 0.3) is 0 Å². The van der Waals surface area contributed by atoms with E-state index in [0.29, 0.717) is 6.54 Å². The number of halogens is 1. The SMILES string of the molecule is CC(=O)OCCNC(=O)CN.Cl. The van der Waals surface area contributed by atoms with Gasteiger partial charge >= 0.3 is 5.97 Å². The van der Waals surface area contributed by atoms with E-state index in [-0.39, 0.29) is 37.4 Å². The van der Waals surface area contributed by atoms with E-state index < -0.39 is 0 Å². The van der Waals surface area contributed by atoms with Crippen LogP contribution in [0.1, 0.15) is 6.92 Å². The third-order valence-electron chi connectivity index (χ3n) is 0.915. The minimum absolute atomic E-state index is 0. The fraction of sp³-hybridized carbons (Fsp3) is 0.667. The van der Waals surface area contributed by atoms with Crippen molar-refractivity contribution in [3.8, 4) is 0 Å². The van der Waals surface area contributed by atoms with Gasteiger partial charge in [-0.05, 0) is 0 Å². The molecule has 0 aromatic heterocycles. The molecule has 1 amide bonds. The average molecular weight is 197 g/mol. The number of rotatable bonds is 4. The van der Waals surface area contributed by atoms with Crippen molar-refractivity contribution in [2.24, 2.45) is 5.73 Å². The summed E-state index contributed by atoms with van der Waals surface area (Å²) in [6.45, 7) is 1.78. The van der Waals surface area contributed by atoms with E-state index in [2.05, 4.69) is 10.1 Å². The van der Waals surface area contributed by atoms with Crippen LogP contribution in [0.15, 0.2) is 0 Å². The van der Waals surface area contributed by atoms with Gasteiger partial charge < -0.3 is 15.8 Å². The highest BCUT2D eigenvalue weighted by molar-refractivity contribution is 5.85. The van der Waals surface area contributed by atoms with Gasteiger partial charge in [0.05, 0.1) is 13.1 Å². The normalized spacial score (nSPS) is 8.17. The fourth-order valence-electron chi connectivity index (χ4n) is 0.457. The van der Waals surface area contributed by atoms with Crippen molar-refractivity contribution in [2.75, 3.05) is 19.7 Å². The number of nitrogens with two attached hydrogens (primary N) is 1. The molecule has 0 atom stereocenters. The second-order valence-corrected chi connectivity index (χ2v) is 1.89. The first-order valence-corrected chi connectivity index (χ1v) is 3.27. The highest BCUT2D eigenvalue weighted by atomic mass is 35.5. The molecule has 0 bridgehead atoms. The van der Waals surface area contributed by atoms with E-state index in [1.54, 1.807) is 0 Å². The Balaban J connectivity index is 0. The molecule has 3 N–H and O–H groups in total. The van der Waals surface area contributed by atoms with Gasteiger partial charge in [0.2, 0.25) is 5.91 Å². The molecule has 12 heavy (non-hydrogen) atoms. The summed E-state index contributed by atoms with van der Waals surface area (Å²) in [6, 6.07) is 0. The Morgan fingerprint density at radius 2 is 2.08 bits per heavy atom. The molecule has 0 aliphatic carbocycles. The van der Waals surface area contributed by atoms with Gasteiger partial charge in [0, 0.05) is 6.92 Å². The summed E-state index contributed by atoms with van der Waals surface area (Å²) < 4.78 is 4.54. The largest absolute Gasteiger partial charge is 0.464 e. The molecule has 0 saturated heterocycles. The number of esters is 1. The number of ether oxygens (including phenoxy) is 1. The lowest BCUT2D eigenvalue weighted by atomic mass is 10.5. The molecule has 0 saturated carbocycles. The zero-order valence-electron chi connectivity index (χ0n) is 6.83. The molecule has 0 fully saturated rings. The smallest absolute Gasteiger partial charge is 0.302 e. The summed E-state index contributed by atoms with van der Waals surface area (Å²) in [6.07, 6.45) is 0. The molecule has 0 rings (SSSR count). The van der Waals surface area contributed by atoms with Crippen LogP contribution in [-0.4, -0.2) is 31.6 Å². The standard InChI is InChI=1S/C6H12N2O3.ClH/c1-5(9)11-3-2-8-6(10)4-7;/h2-4,7H2,1H3,(H,8,10);1H. The second-order valence-electron chi connectivity index (χ2n) is 1.89. The van der Waals surface area contributed by atoms with E-state index in [1.807, 2.05) is 0 Å². The number of nitrogens with one attached hydrogen (secondary N) is 1. The molecule has 0 radical (unpaired) electrons. The van der Waals surface area contributed by atoms with Crippen LogP contribution in [0.5, 0.6) is 0 Å². The molecule has 0 spiro atoms. The molecular formula is C6H13ClN2O3. The minimum Gasteiger partial charge on any atom is -0.464 e. The number of hydrogen-bond donors (Lipinski definition) is 2. The maximum atomic E-state index is 10.5. The molecular weight excluding hydrogens is 184 g/mol. The van der Waals surface area contributed by atoms with Gasteiger partial charge in [-0.2, -0.15) is 0 Å². The molecule has 0 aliphatic heterocycles. The van der Waals surface area contributed by atoms with Crippen LogP contribution >= 0.6 is 12.4 Å². The Hall–Kier alpha value is -0.810. The van der Waals surface area contributed by atoms with Gasteiger partial charge in [0.25, 0.3) is 0 Å². The zero-order valence-corrected chi connectivity index (χ0v) is 7.65. The van der Waals surface area contributed by atoms with Crippen LogP contribution in [-0.2, 0) is 14.3 Å². The molecule has 0 aromatic rings. The molecule has 72 valence electrons. The maximum absolute atomic E-state index is 10.5.